The summed E-state index contributed by atoms with van der Waals surface area (Å²) >= 11 is 5.97. The molecule has 6 heteroatoms. The van der Waals surface area contributed by atoms with Crippen molar-refractivity contribution in [3.63, 3.8) is 0 Å². The van der Waals surface area contributed by atoms with Crippen molar-refractivity contribution >= 4 is 28.5 Å². The van der Waals surface area contributed by atoms with E-state index in [-0.39, 0.29) is 5.28 Å². The number of fused-ring (bicyclic) bond motifs is 1. The van der Waals surface area contributed by atoms with Crippen molar-refractivity contribution < 1.29 is 0 Å². The van der Waals surface area contributed by atoms with Crippen molar-refractivity contribution in [3.05, 3.63) is 11.0 Å². The summed E-state index contributed by atoms with van der Waals surface area (Å²) in [7, 11) is 1.81. The van der Waals surface area contributed by atoms with Gasteiger partial charge in [0.15, 0.2) is 11.3 Å². The molecule has 1 saturated carbocycles. The Morgan fingerprint density at radius 3 is 2.74 bits per heavy atom. The van der Waals surface area contributed by atoms with Gasteiger partial charge in [-0.1, -0.05) is 32.1 Å². The fourth-order valence-electron chi connectivity index (χ4n) is 2.92. The Morgan fingerprint density at radius 1 is 1.21 bits per heavy atom. The number of halogens is 1. The third-order valence-corrected chi connectivity index (χ3v) is 4.07. The lowest BCUT2D eigenvalue weighted by Gasteiger charge is -2.20. The molecule has 2 heterocycles. The van der Waals surface area contributed by atoms with E-state index in [4.69, 9.17) is 11.6 Å². The van der Waals surface area contributed by atoms with Gasteiger partial charge in [0, 0.05) is 7.05 Å². The van der Waals surface area contributed by atoms with Crippen LogP contribution in [0.15, 0.2) is 0 Å². The second kappa shape index (κ2) is 5.33. The van der Waals surface area contributed by atoms with Gasteiger partial charge in [-0.25, -0.2) is 4.98 Å². The van der Waals surface area contributed by atoms with Crippen LogP contribution in [0.25, 0.3) is 11.0 Å². The van der Waals surface area contributed by atoms with Crippen LogP contribution in [0.4, 0.5) is 5.82 Å². The molecule has 0 aromatic carbocycles. The van der Waals surface area contributed by atoms with Crippen molar-refractivity contribution in [1.82, 2.24) is 20.2 Å². The van der Waals surface area contributed by atoms with Gasteiger partial charge in [0.1, 0.15) is 5.52 Å². The molecule has 0 bridgehead atoms. The molecular formula is C13H18ClN5. The van der Waals surface area contributed by atoms with E-state index in [1.165, 1.54) is 32.1 Å². The van der Waals surface area contributed by atoms with E-state index in [1.54, 1.807) is 0 Å². The Bertz CT molecular complexity index is 574. The summed E-state index contributed by atoms with van der Waals surface area (Å²) < 4.78 is 0. The van der Waals surface area contributed by atoms with Crippen LogP contribution in [-0.2, 0) is 6.42 Å². The molecule has 2 aromatic heterocycles. The van der Waals surface area contributed by atoms with Crippen molar-refractivity contribution in [1.29, 1.82) is 0 Å². The highest BCUT2D eigenvalue weighted by atomic mass is 35.5. The Kier molecular flexibility index (Phi) is 3.55. The molecule has 0 spiro atoms. The summed E-state index contributed by atoms with van der Waals surface area (Å²) in [6.07, 6.45) is 7.67. The molecular weight excluding hydrogens is 262 g/mol. The van der Waals surface area contributed by atoms with E-state index in [1.807, 2.05) is 7.05 Å². The van der Waals surface area contributed by atoms with Crippen LogP contribution in [0.5, 0.6) is 0 Å². The topological polar surface area (TPSA) is 66.5 Å². The molecule has 102 valence electrons. The normalized spacial score (nSPS) is 16.9. The molecule has 5 nitrogen and oxygen atoms in total. The minimum atomic E-state index is 0.267. The molecule has 1 fully saturated rings. The summed E-state index contributed by atoms with van der Waals surface area (Å²) in [5.41, 5.74) is 2.72. The Hall–Kier alpha value is -1.36. The minimum Gasteiger partial charge on any atom is -0.371 e. The van der Waals surface area contributed by atoms with E-state index in [0.29, 0.717) is 5.82 Å². The third-order valence-electron chi connectivity index (χ3n) is 3.90. The number of aromatic amines is 1. The first-order chi connectivity index (χ1) is 9.28. The molecule has 0 unspecified atom stereocenters. The van der Waals surface area contributed by atoms with Crippen LogP contribution in [0.3, 0.4) is 0 Å². The third kappa shape index (κ3) is 2.52. The highest BCUT2D eigenvalue weighted by Crippen LogP contribution is 2.29. The zero-order valence-corrected chi connectivity index (χ0v) is 11.8. The summed E-state index contributed by atoms with van der Waals surface area (Å²) in [4.78, 5) is 8.47. The molecule has 3 rings (SSSR count). The largest absolute Gasteiger partial charge is 0.371 e. The van der Waals surface area contributed by atoms with Gasteiger partial charge in [0.25, 0.3) is 0 Å². The van der Waals surface area contributed by atoms with Crippen molar-refractivity contribution in [2.75, 3.05) is 12.4 Å². The summed E-state index contributed by atoms with van der Waals surface area (Å²) in [5, 5.41) is 10.7. The highest BCUT2D eigenvalue weighted by molar-refractivity contribution is 6.28. The van der Waals surface area contributed by atoms with Gasteiger partial charge in [0.05, 0.1) is 5.69 Å². The van der Waals surface area contributed by atoms with Crippen molar-refractivity contribution in [2.24, 2.45) is 5.92 Å². The van der Waals surface area contributed by atoms with Gasteiger partial charge < -0.3 is 5.32 Å². The second-order valence-electron chi connectivity index (χ2n) is 5.20. The minimum absolute atomic E-state index is 0.267. The SMILES string of the molecule is CNc1nc(Cl)nc2c(CC3CCCCC3)[nH]nc12. The molecule has 19 heavy (non-hydrogen) atoms. The Morgan fingerprint density at radius 2 is 2.00 bits per heavy atom. The first-order valence-electron chi connectivity index (χ1n) is 6.86. The lowest BCUT2D eigenvalue weighted by Crippen LogP contribution is -2.09. The van der Waals surface area contributed by atoms with Gasteiger partial charge in [-0.3, -0.25) is 5.10 Å². The van der Waals surface area contributed by atoms with Gasteiger partial charge in [0.2, 0.25) is 5.28 Å². The average molecular weight is 280 g/mol. The van der Waals surface area contributed by atoms with E-state index in [2.05, 4.69) is 25.5 Å². The van der Waals surface area contributed by atoms with Crippen LogP contribution < -0.4 is 5.32 Å². The number of anilines is 1. The zero-order chi connectivity index (χ0) is 13.2. The number of nitrogens with one attached hydrogen (secondary N) is 2. The van der Waals surface area contributed by atoms with Crippen LogP contribution in [0.1, 0.15) is 37.8 Å². The zero-order valence-electron chi connectivity index (χ0n) is 11.0. The van der Waals surface area contributed by atoms with Crippen LogP contribution in [0, 0.1) is 5.92 Å². The van der Waals surface area contributed by atoms with Crippen molar-refractivity contribution in [2.45, 2.75) is 38.5 Å². The molecule has 0 atom stereocenters. The maximum absolute atomic E-state index is 5.97. The fourth-order valence-corrected chi connectivity index (χ4v) is 3.09. The highest BCUT2D eigenvalue weighted by Gasteiger charge is 2.19. The quantitative estimate of drug-likeness (QED) is 0.847. The number of hydrogen-bond donors (Lipinski definition) is 2. The lowest BCUT2D eigenvalue weighted by atomic mass is 9.86. The van der Waals surface area contributed by atoms with E-state index in [9.17, 15) is 0 Å². The number of hydrogen-bond acceptors (Lipinski definition) is 4. The Balaban J connectivity index is 1.93. The molecule has 1 aliphatic rings. The lowest BCUT2D eigenvalue weighted by molar-refractivity contribution is 0.355. The molecule has 0 amide bonds. The summed E-state index contributed by atoms with van der Waals surface area (Å²) in [5.74, 6) is 1.42. The van der Waals surface area contributed by atoms with Gasteiger partial charge in [-0.2, -0.15) is 10.1 Å². The van der Waals surface area contributed by atoms with Gasteiger partial charge in [-0.05, 0) is 23.9 Å². The monoisotopic (exact) mass is 279 g/mol. The van der Waals surface area contributed by atoms with Crippen LogP contribution in [-0.4, -0.2) is 27.2 Å². The molecule has 0 radical (unpaired) electrons. The number of aromatic nitrogens is 4. The molecule has 2 N–H and O–H groups in total. The number of nitrogens with zero attached hydrogens (tertiary/aromatic N) is 3. The van der Waals surface area contributed by atoms with Crippen molar-refractivity contribution in [3.8, 4) is 0 Å². The predicted molar refractivity (Wildman–Crippen MR) is 76.5 cm³/mol. The molecule has 0 aliphatic heterocycles. The first kappa shape index (κ1) is 12.7. The Labute approximate surface area is 117 Å². The maximum atomic E-state index is 5.97. The van der Waals surface area contributed by atoms with E-state index < -0.39 is 0 Å². The summed E-state index contributed by atoms with van der Waals surface area (Å²) in [6, 6.07) is 0. The fraction of sp³-hybridized carbons (Fsp3) is 0.615. The van der Waals surface area contributed by atoms with Crippen LogP contribution >= 0.6 is 11.6 Å². The standard InChI is InChI=1S/C13H18ClN5/c1-15-12-11-10(16-13(14)17-12)9(18-19-11)7-8-5-3-2-4-6-8/h8H,2-7H2,1H3,(H,18,19)(H,15,16,17). The van der Waals surface area contributed by atoms with E-state index in [0.717, 1.165) is 29.1 Å². The average Bonchev–Trinajstić information content (AvgIpc) is 2.82. The molecule has 0 saturated heterocycles. The van der Waals surface area contributed by atoms with Gasteiger partial charge >= 0.3 is 0 Å². The maximum Gasteiger partial charge on any atom is 0.225 e. The predicted octanol–water partition coefficient (Wildman–Crippen LogP) is 3.17. The van der Waals surface area contributed by atoms with Crippen LogP contribution in [0.2, 0.25) is 5.28 Å². The smallest absolute Gasteiger partial charge is 0.225 e. The van der Waals surface area contributed by atoms with Gasteiger partial charge in [-0.15, -0.1) is 0 Å². The number of H-pyrrole nitrogens is 1. The molecule has 2 aromatic rings. The first-order valence-corrected chi connectivity index (χ1v) is 7.24. The molecule has 1 aliphatic carbocycles. The van der Waals surface area contributed by atoms with E-state index >= 15 is 0 Å². The second-order valence-corrected chi connectivity index (χ2v) is 5.54. The summed E-state index contributed by atoms with van der Waals surface area (Å²) in [6.45, 7) is 0. The number of rotatable bonds is 3.